The van der Waals surface area contributed by atoms with Gasteiger partial charge in [-0.3, -0.25) is 9.80 Å². The Morgan fingerprint density at radius 1 is 1.11 bits per heavy atom. The standard InChI is InChI=1S/C22H25FN2O2/c1-3-5-11-19-20(22(26)27-4-2)21(16-12-14-17(23)15-13-16)24-25(19)18-9-7-6-8-10-18/h6-10,12-15,19-20H,3-5,11H2,1-2H3. The van der Waals surface area contributed by atoms with Crippen LogP contribution in [-0.4, -0.2) is 24.3 Å². The number of hydrogen-bond donors (Lipinski definition) is 0. The molecule has 0 spiro atoms. The summed E-state index contributed by atoms with van der Waals surface area (Å²) in [6, 6.07) is 15.8. The second-order valence-electron chi connectivity index (χ2n) is 6.61. The van der Waals surface area contributed by atoms with Gasteiger partial charge in [-0.15, -0.1) is 0 Å². The van der Waals surface area contributed by atoms with Crippen molar-refractivity contribution in [3.8, 4) is 0 Å². The van der Waals surface area contributed by atoms with Crippen molar-refractivity contribution in [3.05, 3.63) is 66.0 Å². The van der Waals surface area contributed by atoms with Crippen LogP contribution < -0.4 is 5.01 Å². The van der Waals surface area contributed by atoms with Crippen LogP contribution in [0.5, 0.6) is 0 Å². The van der Waals surface area contributed by atoms with E-state index in [1.165, 1.54) is 12.1 Å². The van der Waals surface area contributed by atoms with Crippen molar-refractivity contribution in [1.82, 2.24) is 0 Å². The van der Waals surface area contributed by atoms with Gasteiger partial charge in [-0.05, 0) is 43.2 Å². The number of benzene rings is 2. The molecule has 2 atom stereocenters. The smallest absolute Gasteiger partial charge is 0.317 e. The average Bonchev–Trinajstić information content (AvgIpc) is 3.07. The van der Waals surface area contributed by atoms with Crippen LogP contribution in [0.4, 0.5) is 10.1 Å². The molecule has 2 aromatic carbocycles. The number of anilines is 1. The van der Waals surface area contributed by atoms with Crippen molar-refractivity contribution in [2.45, 2.75) is 39.2 Å². The number of carbonyl (C=O) groups is 1. The first-order valence-electron chi connectivity index (χ1n) is 9.51. The fourth-order valence-corrected chi connectivity index (χ4v) is 3.47. The van der Waals surface area contributed by atoms with Gasteiger partial charge in [0.2, 0.25) is 0 Å². The second-order valence-corrected chi connectivity index (χ2v) is 6.61. The van der Waals surface area contributed by atoms with Crippen LogP contribution in [0.25, 0.3) is 0 Å². The third-order valence-electron chi connectivity index (χ3n) is 4.76. The third kappa shape index (κ3) is 4.18. The number of halogens is 1. The normalized spacial score (nSPS) is 19.1. The Kier molecular flexibility index (Phi) is 6.22. The summed E-state index contributed by atoms with van der Waals surface area (Å²) < 4.78 is 18.8. The highest BCUT2D eigenvalue weighted by molar-refractivity contribution is 6.14. The number of esters is 1. The Balaban J connectivity index is 2.05. The van der Waals surface area contributed by atoms with Crippen LogP contribution in [0.2, 0.25) is 0 Å². The largest absolute Gasteiger partial charge is 0.465 e. The maximum Gasteiger partial charge on any atom is 0.317 e. The molecule has 27 heavy (non-hydrogen) atoms. The number of rotatable bonds is 7. The Morgan fingerprint density at radius 2 is 1.81 bits per heavy atom. The van der Waals surface area contributed by atoms with Crippen LogP contribution in [0.3, 0.4) is 0 Å². The summed E-state index contributed by atoms with van der Waals surface area (Å²) in [7, 11) is 0. The predicted molar refractivity (Wildman–Crippen MR) is 105 cm³/mol. The zero-order valence-corrected chi connectivity index (χ0v) is 15.8. The van der Waals surface area contributed by atoms with Gasteiger partial charge in [-0.2, -0.15) is 5.10 Å². The molecule has 0 saturated carbocycles. The highest BCUT2D eigenvalue weighted by Gasteiger charge is 2.43. The van der Waals surface area contributed by atoms with Crippen molar-refractivity contribution >= 4 is 17.4 Å². The third-order valence-corrected chi connectivity index (χ3v) is 4.76. The summed E-state index contributed by atoms with van der Waals surface area (Å²) in [5, 5.41) is 6.73. The quantitative estimate of drug-likeness (QED) is 0.660. The Hall–Kier alpha value is -2.69. The number of hydrazone groups is 1. The number of unbranched alkanes of at least 4 members (excludes halogenated alkanes) is 1. The summed E-state index contributed by atoms with van der Waals surface area (Å²) in [5.41, 5.74) is 2.32. The second kappa shape index (κ2) is 8.80. The monoisotopic (exact) mass is 368 g/mol. The van der Waals surface area contributed by atoms with Crippen LogP contribution in [0, 0.1) is 11.7 Å². The van der Waals surface area contributed by atoms with Crippen molar-refractivity contribution in [1.29, 1.82) is 0 Å². The number of ether oxygens (including phenoxy) is 1. The van der Waals surface area contributed by atoms with E-state index in [0.717, 1.165) is 30.5 Å². The first-order chi connectivity index (χ1) is 13.2. The molecule has 1 heterocycles. The highest BCUT2D eigenvalue weighted by Crippen LogP contribution is 2.34. The van der Waals surface area contributed by atoms with Crippen molar-refractivity contribution in [3.63, 3.8) is 0 Å². The van der Waals surface area contributed by atoms with E-state index < -0.39 is 5.92 Å². The lowest BCUT2D eigenvalue weighted by atomic mass is 9.88. The molecule has 0 fully saturated rings. The van der Waals surface area contributed by atoms with Gasteiger partial charge >= 0.3 is 5.97 Å². The summed E-state index contributed by atoms with van der Waals surface area (Å²) in [6.45, 7) is 4.25. The van der Waals surface area contributed by atoms with Crippen LogP contribution in [0.15, 0.2) is 59.7 Å². The van der Waals surface area contributed by atoms with Gasteiger partial charge in [0.1, 0.15) is 11.7 Å². The molecule has 0 aromatic heterocycles. The number of para-hydroxylation sites is 1. The summed E-state index contributed by atoms with van der Waals surface area (Å²) >= 11 is 0. The molecule has 3 rings (SSSR count). The Labute approximate surface area is 159 Å². The van der Waals surface area contributed by atoms with Gasteiger partial charge in [0, 0.05) is 0 Å². The molecule has 1 aliphatic heterocycles. The highest BCUT2D eigenvalue weighted by atomic mass is 19.1. The molecule has 0 bridgehead atoms. The van der Waals surface area contributed by atoms with E-state index in [0.29, 0.717) is 12.3 Å². The molecule has 0 radical (unpaired) electrons. The number of nitrogens with zero attached hydrogens (tertiary/aromatic N) is 2. The SMILES string of the molecule is CCCCC1C(C(=O)OCC)C(c2ccc(F)cc2)=NN1c1ccccc1. The van der Waals surface area contributed by atoms with E-state index in [-0.39, 0.29) is 17.8 Å². The van der Waals surface area contributed by atoms with Gasteiger partial charge in [0.05, 0.1) is 24.0 Å². The lowest BCUT2D eigenvalue weighted by Gasteiger charge is -2.27. The molecule has 2 unspecified atom stereocenters. The molecular weight excluding hydrogens is 343 g/mol. The maximum atomic E-state index is 13.4. The minimum absolute atomic E-state index is 0.119. The molecule has 0 aliphatic carbocycles. The van der Waals surface area contributed by atoms with Crippen LogP contribution in [-0.2, 0) is 9.53 Å². The molecule has 1 aliphatic rings. The summed E-state index contributed by atoms with van der Waals surface area (Å²) in [6.07, 6.45) is 2.83. The van der Waals surface area contributed by atoms with Crippen molar-refractivity contribution in [2.24, 2.45) is 11.0 Å². The molecular formula is C22H25FN2O2. The fraction of sp³-hybridized carbons (Fsp3) is 0.364. The minimum atomic E-state index is -0.498. The average molecular weight is 368 g/mol. The van der Waals surface area contributed by atoms with Gasteiger partial charge in [-0.1, -0.05) is 50.1 Å². The molecule has 5 heteroatoms. The fourth-order valence-electron chi connectivity index (χ4n) is 3.47. The molecule has 0 saturated heterocycles. The topological polar surface area (TPSA) is 41.9 Å². The van der Waals surface area contributed by atoms with Crippen LogP contribution >= 0.6 is 0 Å². The Bertz CT molecular complexity index is 790. The summed E-state index contributed by atoms with van der Waals surface area (Å²) in [5.74, 6) is -1.09. The zero-order valence-electron chi connectivity index (χ0n) is 15.8. The first-order valence-corrected chi connectivity index (χ1v) is 9.51. The maximum absolute atomic E-state index is 13.4. The first kappa shape index (κ1) is 19.1. The molecule has 0 N–H and O–H groups in total. The van der Waals surface area contributed by atoms with E-state index in [2.05, 4.69) is 6.92 Å². The van der Waals surface area contributed by atoms with Crippen molar-refractivity contribution < 1.29 is 13.9 Å². The van der Waals surface area contributed by atoms with Gasteiger partial charge in [0.15, 0.2) is 0 Å². The van der Waals surface area contributed by atoms with Gasteiger partial charge in [0.25, 0.3) is 0 Å². The van der Waals surface area contributed by atoms with Gasteiger partial charge in [-0.25, -0.2) is 4.39 Å². The Morgan fingerprint density at radius 3 is 2.44 bits per heavy atom. The summed E-state index contributed by atoms with van der Waals surface area (Å²) in [4.78, 5) is 12.8. The lowest BCUT2D eigenvalue weighted by molar-refractivity contribution is -0.145. The van der Waals surface area contributed by atoms with E-state index in [4.69, 9.17) is 9.84 Å². The zero-order chi connectivity index (χ0) is 19.2. The van der Waals surface area contributed by atoms with Gasteiger partial charge < -0.3 is 4.74 Å². The molecule has 142 valence electrons. The van der Waals surface area contributed by atoms with E-state index in [1.54, 1.807) is 19.1 Å². The number of carbonyl (C=O) groups excluding carboxylic acids is 1. The predicted octanol–water partition coefficient (Wildman–Crippen LogP) is 4.79. The molecule has 4 nitrogen and oxygen atoms in total. The van der Waals surface area contributed by atoms with Crippen molar-refractivity contribution in [2.75, 3.05) is 11.6 Å². The molecule has 0 amide bonds. The minimum Gasteiger partial charge on any atom is -0.465 e. The lowest BCUT2D eigenvalue weighted by Crippen LogP contribution is -2.39. The molecule has 2 aromatic rings. The van der Waals surface area contributed by atoms with E-state index in [9.17, 15) is 9.18 Å². The van der Waals surface area contributed by atoms with E-state index in [1.807, 2.05) is 35.3 Å². The number of hydrogen-bond acceptors (Lipinski definition) is 4. The van der Waals surface area contributed by atoms with E-state index >= 15 is 0 Å². The van der Waals surface area contributed by atoms with Crippen LogP contribution in [0.1, 0.15) is 38.7 Å².